The van der Waals surface area contributed by atoms with E-state index in [1.54, 1.807) is 0 Å². The number of benzene rings is 2. The number of nitrogens with zero attached hydrogens (tertiary/aromatic N) is 2. The Hall–Kier alpha value is -2.13. The Balaban J connectivity index is 2.68. The normalized spacial score (nSPS) is 13.8. The summed E-state index contributed by atoms with van der Waals surface area (Å²) in [6.45, 7) is 10.4. The number of hydrogen-bond acceptors (Lipinski definition) is 2. The van der Waals surface area contributed by atoms with Crippen LogP contribution in [0.15, 0.2) is 60.7 Å². The molecule has 170 valence electrons. The summed E-state index contributed by atoms with van der Waals surface area (Å²) < 4.78 is 0. The largest absolute Gasteiger partial charge is 0.331 e. The maximum Gasteiger partial charge on any atom is 0.233 e. The van der Waals surface area contributed by atoms with E-state index < -0.39 is 5.41 Å². The molecule has 2 aromatic carbocycles. The quantitative estimate of drug-likeness (QED) is 0.404. The first-order valence-electron chi connectivity index (χ1n) is 12.0. The standard InChI is InChI=1S/C28H42N2O/c1-7-21-28(10-4,25-19-15-12-16-20-25)30(23-22-29(5)6)26(31)27(8-2,9-3)24-17-13-11-14-18-24/h11-20H,7-10,21-23H2,1-6H3. The summed E-state index contributed by atoms with van der Waals surface area (Å²) in [5.41, 5.74) is 1.58. The first-order chi connectivity index (χ1) is 14.9. The molecule has 0 N–H and O–H groups in total. The molecule has 2 aromatic rings. The fourth-order valence-corrected chi connectivity index (χ4v) is 5.08. The van der Waals surface area contributed by atoms with Crippen molar-refractivity contribution in [1.29, 1.82) is 0 Å². The average Bonchev–Trinajstić information content (AvgIpc) is 2.80. The Bertz CT molecular complexity index is 783. The summed E-state index contributed by atoms with van der Waals surface area (Å²) in [7, 11) is 4.17. The van der Waals surface area contributed by atoms with Gasteiger partial charge >= 0.3 is 0 Å². The molecular formula is C28H42N2O. The third-order valence-electron chi connectivity index (χ3n) is 7.04. The van der Waals surface area contributed by atoms with E-state index in [1.165, 1.54) is 5.56 Å². The van der Waals surface area contributed by atoms with Gasteiger partial charge in [0.1, 0.15) is 0 Å². The Morgan fingerprint density at radius 2 is 1.26 bits per heavy atom. The highest BCUT2D eigenvalue weighted by Crippen LogP contribution is 2.42. The van der Waals surface area contributed by atoms with E-state index >= 15 is 0 Å². The van der Waals surface area contributed by atoms with Gasteiger partial charge in [0.2, 0.25) is 5.91 Å². The van der Waals surface area contributed by atoms with Crippen LogP contribution in [0.3, 0.4) is 0 Å². The number of likely N-dealkylation sites (N-methyl/N-ethyl adjacent to an activating group) is 1. The van der Waals surface area contributed by atoms with Crippen molar-refractivity contribution in [3.63, 3.8) is 0 Å². The number of carbonyl (C=O) groups is 1. The predicted octanol–water partition coefficient (Wildman–Crippen LogP) is 6.24. The summed E-state index contributed by atoms with van der Waals surface area (Å²) in [6, 6.07) is 21.1. The zero-order valence-electron chi connectivity index (χ0n) is 20.5. The molecule has 3 heteroatoms. The minimum absolute atomic E-state index is 0.268. The minimum atomic E-state index is -0.503. The van der Waals surface area contributed by atoms with Crippen molar-refractivity contribution in [2.45, 2.75) is 70.8 Å². The van der Waals surface area contributed by atoms with Gasteiger partial charge in [0.25, 0.3) is 0 Å². The van der Waals surface area contributed by atoms with Crippen molar-refractivity contribution in [1.82, 2.24) is 9.80 Å². The van der Waals surface area contributed by atoms with Gasteiger partial charge in [0.15, 0.2) is 0 Å². The van der Waals surface area contributed by atoms with Crippen LogP contribution in [0.1, 0.15) is 70.9 Å². The monoisotopic (exact) mass is 422 g/mol. The number of hydrogen-bond donors (Lipinski definition) is 0. The Morgan fingerprint density at radius 1 is 0.742 bits per heavy atom. The third kappa shape index (κ3) is 5.20. The van der Waals surface area contributed by atoms with Crippen LogP contribution in [-0.2, 0) is 15.7 Å². The lowest BCUT2D eigenvalue weighted by Crippen LogP contribution is -2.57. The van der Waals surface area contributed by atoms with Gasteiger partial charge in [-0.25, -0.2) is 0 Å². The van der Waals surface area contributed by atoms with E-state index in [2.05, 4.69) is 106 Å². The number of amides is 1. The first kappa shape index (κ1) is 25.1. The highest BCUT2D eigenvalue weighted by Gasteiger charge is 2.47. The van der Waals surface area contributed by atoms with Crippen LogP contribution in [-0.4, -0.2) is 42.9 Å². The van der Waals surface area contributed by atoms with Crippen LogP contribution in [0.4, 0.5) is 0 Å². The van der Waals surface area contributed by atoms with Crippen LogP contribution >= 0.6 is 0 Å². The lowest BCUT2D eigenvalue weighted by molar-refractivity contribution is -0.146. The molecule has 0 aromatic heterocycles. The van der Waals surface area contributed by atoms with Gasteiger partial charge in [-0.3, -0.25) is 4.79 Å². The van der Waals surface area contributed by atoms with Crippen molar-refractivity contribution in [2.24, 2.45) is 0 Å². The summed E-state index contributed by atoms with van der Waals surface area (Å²) in [4.78, 5) is 19.0. The Labute approximate surface area is 190 Å². The molecule has 31 heavy (non-hydrogen) atoms. The smallest absolute Gasteiger partial charge is 0.233 e. The lowest BCUT2D eigenvalue weighted by Gasteiger charge is -2.49. The second-order valence-corrected chi connectivity index (χ2v) is 8.92. The van der Waals surface area contributed by atoms with Gasteiger partial charge in [-0.15, -0.1) is 0 Å². The third-order valence-corrected chi connectivity index (χ3v) is 7.04. The van der Waals surface area contributed by atoms with Crippen LogP contribution in [0.5, 0.6) is 0 Å². The van der Waals surface area contributed by atoms with Gasteiger partial charge in [-0.1, -0.05) is 94.8 Å². The van der Waals surface area contributed by atoms with Gasteiger partial charge in [-0.2, -0.15) is 0 Å². The molecule has 0 aliphatic carbocycles. The highest BCUT2D eigenvalue weighted by molar-refractivity contribution is 5.89. The molecule has 0 heterocycles. The van der Waals surface area contributed by atoms with E-state index in [0.29, 0.717) is 0 Å². The topological polar surface area (TPSA) is 23.6 Å². The highest BCUT2D eigenvalue weighted by atomic mass is 16.2. The van der Waals surface area contributed by atoms with Gasteiger partial charge in [-0.05, 0) is 50.9 Å². The van der Waals surface area contributed by atoms with E-state index in [4.69, 9.17) is 0 Å². The average molecular weight is 423 g/mol. The molecule has 0 aliphatic rings. The maximum absolute atomic E-state index is 14.6. The molecule has 3 nitrogen and oxygen atoms in total. The molecule has 0 radical (unpaired) electrons. The van der Waals surface area contributed by atoms with Crippen LogP contribution in [0.25, 0.3) is 0 Å². The van der Waals surface area contributed by atoms with E-state index in [-0.39, 0.29) is 11.4 Å². The molecule has 0 spiro atoms. The van der Waals surface area contributed by atoms with Gasteiger partial charge in [0.05, 0.1) is 11.0 Å². The van der Waals surface area contributed by atoms with Gasteiger partial charge in [0, 0.05) is 13.1 Å². The predicted molar refractivity (Wildman–Crippen MR) is 132 cm³/mol. The SMILES string of the molecule is CCCC(CC)(c1ccccc1)N(CCN(C)C)C(=O)C(CC)(CC)c1ccccc1. The van der Waals surface area contributed by atoms with Crippen molar-refractivity contribution in [2.75, 3.05) is 27.2 Å². The van der Waals surface area contributed by atoms with Crippen molar-refractivity contribution < 1.29 is 4.79 Å². The van der Waals surface area contributed by atoms with E-state index in [1.807, 2.05) is 6.07 Å². The number of rotatable bonds is 12. The maximum atomic E-state index is 14.6. The fraction of sp³-hybridized carbons (Fsp3) is 0.536. The van der Waals surface area contributed by atoms with Crippen LogP contribution in [0, 0.1) is 0 Å². The summed E-state index contributed by atoms with van der Waals surface area (Å²) >= 11 is 0. The van der Waals surface area contributed by atoms with Crippen LogP contribution < -0.4 is 0 Å². The molecule has 1 unspecified atom stereocenters. The fourth-order valence-electron chi connectivity index (χ4n) is 5.08. The summed E-state index contributed by atoms with van der Waals surface area (Å²) in [6.07, 6.45) is 4.50. The zero-order valence-corrected chi connectivity index (χ0v) is 20.5. The van der Waals surface area contributed by atoms with E-state index in [0.717, 1.165) is 50.8 Å². The second kappa shape index (κ2) is 11.5. The van der Waals surface area contributed by atoms with E-state index in [9.17, 15) is 4.79 Å². The molecule has 1 amide bonds. The molecule has 0 aliphatic heterocycles. The zero-order chi connectivity index (χ0) is 22.9. The summed E-state index contributed by atoms with van der Waals surface area (Å²) in [5.74, 6) is 0.268. The van der Waals surface area contributed by atoms with Crippen molar-refractivity contribution >= 4 is 5.91 Å². The first-order valence-corrected chi connectivity index (χ1v) is 12.0. The summed E-state index contributed by atoms with van der Waals surface area (Å²) in [5, 5.41) is 0. The van der Waals surface area contributed by atoms with Crippen LogP contribution in [0.2, 0.25) is 0 Å². The van der Waals surface area contributed by atoms with Crippen molar-refractivity contribution in [3.05, 3.63) is 71.8 Å². The Morgan fingerprint density at radius 3 is 1.68 bits per heavy atom. The molecule has 0 bridgehead atoms. The molecule has 0 saturated heterocycles. The lowest BCUT2D eigenvalue weighted by atomic mass is 9.72. The molecule has 0 saturated carbocycles. The number of carbonyl (C=O) groups excluding carboxylic acids is 1. The minimum Gasteiger partial charge on any atom is -0.331 e. The molecule has 0 fully saturated rings. The van der Waals surface area contributed by atoms with Gasteiger partial charge < -0.3 is 9.80 Å². The second-order valence-electron chi connectivity index (χ2n) is 8.92. The van der Waals surface area contributed by atoms with Crippen molar-refractivity contribution in [3.8, 4) is 0 Å². The molecule has 2 rings (SSSR count). The Kier molecular flexibility index (Phi) is 9.31. The molecular weight excluding hydrogens is 380 g/mol. The molecule has 1 atom stereocenters.